The Hall–Kier alpha value is -2.57. The van der Waals surface area contributed by atoms with Gasteiger partial charge in [0.05, 0.1) is 13.7 Å². The highest BCUT2D eigenvalue weighted by atomic mass is 35.5. The summed E-state index contributed by atoms with van der Waals surface area (Å²) >= 11 is 0. The number of likely N-dealkylation sites (N-methyl/N-ethyl adjacent to an activating group) is 1. The first-order chi connectivity index (χ1) is 12.4. The van der Waals surface area contributed by atoms with E-state index in [2.05, 4.69) is 5.32 Å². The van der Waals surface area contributed by atoms with Crippen molar-refractivity contribution in [1.82, 2.24) is 4.90 Å². The van der Waals surface area contributed by atoms with Gasteiger partial charge in [0.1, 0.15) is 11.8 Å². The zero-order chi connectivity index (χ0) is 19.1. The summed E-state index contributed by atoms with van der Waals surface area (Å²) in [6.07, 6.45) is 0. The van der Waals surface area contributed by atoms with E-state index in [-0.39, 0.29) is 30.8 Å². The molecule has 0 aromatic heterocycles. The van der Waals surface area contributed by atoms with Crippen LogP contribution in [-0.2, 0) is 9.59 Å². The Kier molecular flexibility index (Phi) is 8.78. The maximum Gasteiger partial charge on any atom is 0.244 e. The van der Waals surface area contributed by atoms with Crippen molar-refractivity contribution in [2.24, 2.45) is 5.73 Å². The predicted octanol–water partition coefficient (Wildman–Crippen LogP) is 2.91. The minimum atomic E-state index is -0.792. The van der Waals surface area contributed by atoms with E-state index in [9.17, 15) is 9.59 Å². The maximum absolute atomic E-state index is 12.6. The van der Waals surface area contributed by atoms with Crippen LogP contribution in [0.5, 0.6) is 5.75 Å². The summed E-state index contributed by atoms with van der Waals surface area (Å²) in [5.41, 5.74) is 8.53. The average molecular weight is 392 g/mol. The number of aryl methyl sites for hydroxylation is 1. The minimum Gasteiger partial charge on any atom is -0.497 e. The molecule has 7 heteroatoms. The second-order valence-corrected chi connectivity index (χ2v) is 6.02. The molecule has 1 atom stereocenters. The predicted molar refractivity (Wildman–Crippen MR) is 109 cm³/mol. The van der Waals surface area contributed by atoms with Gasteiger partial charge in [-0.25, -0.2) is 0 Å². The fraction of sp³-hybridized carbons (Fsp3) is 0.300. The Balaban J connectivity index is 0.00000364. The molecule has 0 spiro atoms. The molecule has 2 amide bonds. The average Bonchev–Trinajstić information content (AvgIpc) is 2.65. The van der Waals surface area contributed by atoms with Crippen LogP contribution in [0.3, 0.4) is 0 Å². The first kappa shape index (κ1) is 22.5. The van der Waals surface area contributed by atoms with Crippen molar-refractivity contribution in [3.8, 4) is 5.75 Å². The highest BCUT2D eigenvalue weighted by molar-refractivity contribution is 5.95. The zero-order valence-corrected chi connectivity index (χ0v) is 16.6. The number of rotatable bonds is 7. The van der Waals surface area contributed by atoms with E-state index in [4.69, 9.17) is 10.5 Å². The van der Waals surface area contributed by atoms with E-state index in [0.717, 1.165) is 11.1 Å². The third kappa shape index (κ3) is 6.27. The quantitative estimate of drug-likeness (QED) is 0.760. The van der Waals surface area contributed by atoms with E-state index in [1.807, 2.05) is 38.1 Å². The van der Waals surface area contributed by atoms with Crippen LogP contribution in [-0.4, -0.2) is 36.9 Å². The molecule has 0 aliphatic carbocycles. The van der Waals surface area contributed by atoms with Gasteiger partial charge in [-0.2, -0.15) is 0 Å². The van der Waals surface area contributed by atoms with Crippen LogP contribution in [0.2, 0.25) is 0 Å². The van der Waals surface area contributed by atoms with E-state index in [0.29, 0.717) is 18.0 Å². The van der Waals surface area contributed by atoms with Gasteiger partial charge in [-0.05, 0) is 31.5 Å². The largest absolute Gasteiger partial charge is 0.497 e. The third-order valence-electron chi connectivity index (χ3n) is 4.08. The number of ether oxygens (including phenoxy) is 1. The molecule has 6 nitrogen and oxygen atoms in total. The number of nitrogens with one attached hydrogen (secondary N) is 1. The van der Waals surface area contributed by atoms with Crippen molar-refractivity contribution in [3.63, 3.8) is 0 Å². The van der Waals surface area contributed by atoms with Crippen molar-refractivity contribution < 1.29 is 14.3 Å². The van der Waals surface area contributed by atoms with Gasteiger partial charge in [-0.15, -0.1) is 12.4 Å². The summed E-state index contributed by atoms with van der Waals surface area (Å²) in [5.74, 6) is 0.0781. The van der Waals surface area contributed by atoms with Crippen LogP contribution in [0, 0.1) is 6.92 Å². The van der Waals surface area contributed by atoms with Gasteiger partial charge < -0.3 is 20.7 Å². The van der Waals surface area contributed by atoms with Crippen molar-refractivity contribution in [2.75, 3.05) is 25.5 Å². The smallest absolute Gasteiger partial charge is 0.244 e. The summed E-state index contributed by atoms with van der Waals surface area (Å²) < 4.78 is 5.13. The lowest BCUT2D eigenvalue weighted by atomic mass is 10.0. The molecule has 0 saturated heterocycles. The van der Waals surface area contributed by atoms with Crippen molar-refractivity contribution in [2.45, 2.75) is 19.9 Å². The molecule has 2 aromatic rings. The first-order valence-corrected chi connectivity index (χ1v) is 8.49. The number of halogens is 1. The zero-order valence-electron chi connectivity index (χ0n) is 15.8. The molecule has 0 fully saturated rings. The maximum atomic E-state index is 12.6. The molecule has 146 valence electrons. The molecule has 2 rings (SSSR count). The molecular formula is C20H26ClN3O3. The summed E-state index contributed by atoms with van der Waals surface area (Å²) in [4.78, 5) is 26.4. The molecule has 1 unspecified atom stereocenters. The van der Waals surface area contributed by atoms with Gasteiger partial charge in [-0.1, -0.05) is 35.9 Å². The van der Waals surface area contributed by atoms with Crippen LogP contribution in [0.4, 0.5) is 5.69 Å². The molecule has 27 heavy (non-hydrogen) atoms. The number of carbonyl (C=O) groups excluding carboxylic acids is 2. The fourth-order valence-electron chi connectivity index (χ4n) is 2.53. The van der Waals surface area contributed by atoms with Crippen molar-refractivity contribution >= 4 is 29.9 Å². The number of amides is 2. The van der Waals surface area contributed by atoms with Crippen LogP contribution < -0.4 is 15.8 Å². The molecule has 2 aromatic carbocycles. The number of benzene rings is 2. The normalized spacial score (nSPS) is 11.1. The van der Waals surface area contributed by atoms with E-state index >= 15 is 0 Å². The third-order valence-corrected chi connectivity index (χ3v) is 4.08. The molecule has 0 saturated carbocycles. The Morgan fingerprint density at radius 1 is 1.19 bits per heavy atom. The molecule has 0 bridgehead atoms. The van der Waals surface area contributed by atoms with Crippen LogP contribution >= 0.6 is 12.4 Å². The highest BCUT2D eigenvalue weighted by Crippen LogP contribution is 2.17. The monoisotopic (exact) mass is 391 g/mol. The SMILES string of the molecule is CCN(CC(=O)Nc1cccc(OC)c1)C(=O)C(N)c1ccc(C)cc1.Cl. The summed E-state index contributed by atoms with van der Waals surface area (Å²) in [5, 5.41) is 2.77. The van der Waals surface area contributed by atoms with E-state index in [1.54, 1.807) is 31.4 Å². The topological polar surface area (TPSA) is 84.7 Å². The van der Waals surface area contributed by atoms with Gasteiger partial charge >= 0.3 is 0 Å². The number of methoxy groups -OCH3 is 1. The van der Waals surface area contributed by atoms with Crippen LogP contribution in [0.1, 0.15) is 24.1 Å². The summed E-state index contributed by atoms with van der Waals surface area (Å²) in [7, 11) is 1.56. The lowest BCUT2D eigenvalue weighted by molar-refractivity contribution is -0.135. The molecule has 0 aliphatic heterocycles. The Morgan fingerprint density at radius 2 is 1.85 bits per heavy atom. The number of nitrogens with zero attached hydrogens (tertiary/aromatic N) is 1. The molecular weight excluding hydrogens is 366 g/mol. The van der Waals surface area contributed by atoms with Gasteiger partial charge in [0, 0.05) is 18.3 Å². The van der Waals surface area contributed by atoms with Crippen molar-refractivity contribution in [3.05, 3.63) is 59.7 Å². The second-order valence-electron chi connectivity index (χ2n) is 6.02. The molecule has 3 N–H and O–H groups in total. The van der Waals surface area contributed by atoms with E-state index < -0.39 is 6.04 Å². The van der Waals surface area contributed by atoms with Gasteiger partial charge in [0.2, 0.25) is 11.8 Å². The van der Waals surface area contributed by atoms with Gasteiger partial charge in [0.25, 0.3) is 0 Å². The Labute approximate surface area is 166 Å². The number of nitrogens with two attached hydrogens (primary N) is 1. The molecule has 0 heterocycles. The standard InChI is InChI=1S/C20H25N3O3.ClH/c1-4-23(20(25)19(21)15-10-8-14(2)9-11-15)13-18(24)22-16-6-5-7-17(12-16)26-3;/h5-12,19H,4,13,21H2,1-3H3,(H,22,24);1H. The van der Waals surface area contributed by atoms with Gasteiger partial charge in [0.15, 0.2) is 0 Å². The molecule has 0 aliphatic rings. The summed E-state index contributed by atoms with van der Waals surface area (Å²) in [6, 6.07) is 13.8. The van der Waals surface area contributed by atoms with Crippen LogP contribution in [0.25, 0.3) is 0 Å². The summed E-state index contributed by atoms with van der Waals surface area (Å²) in [6.45, 7) is 4.12. The lowest BCUT2D eigenvalue weighted by Crippen LogP contribution is -2.42. The van der Waals surface area contributed by atoms with Crippen LogP contribution in [0.15, 0.2) is 48.5 Å². The number of anilines is 1. The minimum absolute atomic E-state index is 0. The highest BCUT2D eigenvalue weighted by Gasteiger charge is 2.23. The Morgan fingerprint density at radius 3 is 2.44 bits per heavy atom. The number of carbonyl (C=O) groups is 2. The number of hydrogen-bond donors (Lipinski definition) is 2. The lowest BCUT2D eigenvalue weighted by Gasteiger charge is -2.24. The first-order valence-electron chi connectivity index (χ1n) is 8.49. The Bertz CT molecular complexity index is 765. The number of hydrogen-bond acceptors (Lipinski definition) is 4. The van der Waals surface area contributed by atoms with Crippen molar-refractivity contribution in [1.29, 1.82) is 0 Å². The second kappa shape index (κ2) is 10.5. The fourth-order valence-corrected chi connectivity index (χ4v) is 2.53. The van der Waals surface area contributed by atoms with Gasteiger partial charge in [-0.3, -0.25) is 9.59 Å². The molecule has 0 radical (unpaired) electrons. The van der Waals surface area contributed by atoms with E-state index in [1.165, 1.54) is 4.90 Å².